The first-order chi connectivity index (χ1) is 14.7. The van der Waals surface area contributed by atoms with E-state index < -0.39 is 11.7 Å². The van der Waals surface area contributed by atoms with E-state index >= 15 is 0 Å². The average Bonchev–Trinajstić information content (AvgIpc) is 3.13. The fraction of sp³-hybridized carbons (Fsp3) is 0.105. The molecular formula is C19H12Cl2F3N5S2. The minimum absolute atomic E-state index is 0.378. The van der Waals surface area contributed by atoms with Crippen LogP contribution >= 0.6 is 46.3 Å². The third-order valence-electron chi connectivity index (χ3n) is 4.09. The Morgan fingerprint density at radius 3 is 2.23 bits per heavy atom. The van der Waals surface area contributed by atoms with Crippen molar-refractivity contribution in [3.63, 3.8) is 0 Å². The fourth-order valence-corrected chi connectivity index (χ4v) is 4.40. The highest BCUT2D eigenvalue weighted by Crippen LogP contribution is 2.37. The van der Waals surface area contributed by atoms with Gasteiger partial charge in [0, 0.05) is 5.69 Å². The van der Waals surface area contributed by atoms with Gasteiger partial charge in [-0.05, 0) is 42.7 Å². The number of thioether (sulfide) groups is 1. The summed E-state index contributed by atoms with van der Waals surface area (Å²) in [4.78, 5) is 14.0. The van der Waals surface area contributed by atoms with E-state index in [2.05, 4.69) is 25.6 Å². The summed E-state index contributed by atoms with van der Waals surface area (Å²) in [5.41, 5.74) is 0.692. The summed E-state index contributed by atoms with van der Waals surface area (Å²) in [5.74, 6) is 0.378. The number of thiazole rings is 1. The third kappa shape index (κ3) is 4.82. The molecule has 4 aromatic rings. The molecule has 0 aliphatic heterocycles. The van der Waals surface area contributed by atoms with Gasteiger partial charge in [0.2, 0.25) is 0 Å². The molecule has 2 N–H and O–H groups in total. The number of nitrogens with one attached hydrogen (secondary N) is 2. The molecule has 12 heteroatoms. The summed E-state index contributed by atoms with van der Waals surface area (Å²) in [7, 11) is 0. The lowest BCUT2D eigenvalue weighted by molar-refractivity contribution is -0.137. The predicted molar refractivity (Wildman–Crippen MR) is 121 cm³/mol. The van der Waals surface area contributed by atoms with Crippen LogP contribution in [0.3, 0.4) is 0 Å². The highest BCUT2D eigenvalue weighted by Gasteiger charge is 2.30. The number of rotatable bonds is 5. The molecule has 0 bridgehead atoms. The topological polar surface area (TPSA) is 62.7 Å². The Hall–Kier alpha value is -2.27. The predicted octanol–water partition coefficient (Wildman–Crippen LogP) is 7.62. The van der Waals surface area contributed by atoms with Gasteiger partial charge in [-0.2, -0.15) is 13.2 Å². The van der Waals surface area contributed by atoms with E-state index in [-0.39, 0.29) is 0 Å². The Morgan fingerprint density at radius 2 is 1.61 bits per heavy atom. The Kier molecular flexibility index (Phi) is 6.16. The molecule has 2 heterocycles. The first-order valence-electron chi connectivity index (χ1n) is 8.62. The second-order valence-electron chi connectivity index (χ2n) is 6.15. The molecule has 0 radical (unpaired) electrons. The van der Waals surface area contributed by atoms with Gasteiger partial charge in [-0.3, -0.25) is 0 Å². The molecule has 0 spiro atoms. The van der Waals surface area contributed by atoms with E-state index in [1.165, 1.54) is 35.2 Å². The number of halogens is 5. The summed E-state index contributed by atoms with van der Waals surface area (Å²) >= 11 is 15.0. The van der Waals surface area contributed by atoms with Crippen LogP contribution in [0.2, 0.25) is 10.0 Å². The van der Waals surface area contributed by atoms with Gasteiger partial charge >= 0.3 is 6.18 Å². The molecule has 0 aliphatic rings. The fourth-order valence-electron chi connectivity index (χ4n) is 2.64. The molecule has 0 amide bonds. The van der Waals surface area contributed by atoms with Crippen molar-refractivity contribution in [1.82, 2.24) is 15.0 Å². The Bertz CT molecular complexity index is 1230. The molecule has 2 aromatic carbocycles. The van der Waals surface area contributed by atoms with E-state index in [9.17, 15) is 13.2 Å². The van der Waals surface area contributed by atoms with Gasteiger partial charge in [-0.15, -0.1) is 0 Å². The van der Waals surface area contributed by atoms with E-state index in [1.807, 2.05) is 6.26 Å². The summed E-state index contributed by atoms with van der Waals surface area (Å²) in [6.45, 7) is 0. The minimum Gasteiger partial charge on any atom is -0.338 e. The number of nitrogens with zero attached hydrogens (tertiary/aromatic N) is 3. The Morgan fingerprint density at radius 1 is 0.935 bits per heavy atom. The van der Waals surface area contributed by atoms with Crippen molar-refractivity contribution in [1.29, 1.82) is 0 Å². The van der Waals surface area contributed by atoms with Gasteiger partial charge in [-0.1, -0.05) is 52.4 Å². The first-order valence-corrected chi connectivity index (χ1v) is 11.4. The van der Waals surface area contributed by atoms with Crippen molar-refractivity contribution in [2.24, 2.45) is 0 Å². The number of anilines is 4. The molecule has 2 aromatic heterocycles. The molecule has 0 atom stereocenters. The summed E-state index contributed by atoms with van der Waals surface area (Å²) in [6.07, 6.45) is -2.57. The van der Waals surface area contributed by atoms with Crippen molar-refractivity contribution in [2.75, 3.05) is 16.9 Å². The zero-order valence-corrected chi connectivity index (χ0v) is 18.7. The van der Waals surface area contributed by atoms with E-state index in [0.29, 0.717) is 47.9 Å². The van der Waals surface area contributed by atoms with E-state index in [4.69, 9.17) is 23.2 Å². The van der Waals surface area contributed by atoms with Crippen LogP contribution in [0.4, 0.5) is 35.5 Å². The number of fused-ring (bicyclic) bond motifs is 1. The number of benzene rings is 2. The van der Waals surface area contributed by atoms with Crippen molar-refractivity contribution in [2.45, 2.75) is 11.3 Å². The second kappa shape index (κ2) is 8.70. The normalized spacial score (nSPS) is 11.7. The highest BCUT2D eigenvalue weighted by atomic mass is 35.5. The maximum atomic E-state index is 12.8. The largest absolute Gasteiger partial charge is 0.416 e. The zero-order valence-electron chi connectivity index (χ0n) is 15.6. The molecule has 0 saturated heterocycles. The minimum atomic E-state index is -4.40. The van der Waals surface area contributed by atoms with Gasteiger partial charge in [0.25, 0.3) is 0 Å². The van der Waals surface area contributed by atoms with Crippen LogP contribution in [-0.4, -0.2) is 21.2 Å². The maximum absolute atomic E-state index is 12.8. The molecule has 5 nitrogen and oxygen atoms in total. The Labute approximate surface area is 193 Å². The van der Waals surface area contributed by atoms with E-state index in [0.717, 1.165) is 12.1 Å². The molecule has 4 rings (SSSR count). The van der Waals surface area contributed by atoms with Crippen LogP contribution in [0.25, 0.3) is 10.3 Å². The zero-order chi connectivity index (χ0) is 22.2. The van der Waals surface area contributed by atoms with Gasteiger partial charge in [0.05, 0.1) is 21.3 Å². The molecule has 0 fully saturated rings. The third-order valence-corrected chi connectivity index (χ3v) is 6.13. The lowest BCUT2D eigenvalue weighted by atomic mass is 10.2. The number of hydrogen-bond donors (Lipinski definition) is 2. The molecule has 0 unspecified atom stereocenters. The highest BCUT2D eigenvalue weighted by molar-refractivity contribution is 7.98. The summed E-state index contributed by atoms with van der Waals surface area (Å²) in [6, 6.07) is 9.82. The van der Waals surface area contributed by atoms with Crippen LogP contribution in [0.15, 0.2) is 47.6 Å². The summed E-state index contributed by atoms with van der Waals surface area (Å²) < 4.78 is 38.4. The maximum Gasteiger partial charge on any atom is 0.416 e. The van der Waals surface area contributed by atoms with Gasteiger partial charge in [0.1, 0.15) is 5.52 Å². The monoisotopic (exact) mass is 501 g/mol. The molecule has 160 valence electrons. The van der Waals surface area contributed by atoms with Gasteiger partial charge in [0.15, 0.2) is 20.9 Å². The van der Waals surface area contributed by atoms with Crippen LogP contribution in [-0.2, 0) is 6.18 Å². The number of aromatic nitrogens is 3. The van der Waals surface area contributed by atoms with Crippen LogP contribution in [0.1, 0.15) is 5.56 Å². The SMILES string of the molecule is CSc1nc(Nc2ccc(C(F)(F)F)cc2)c2nc(Nc3c(Cl)cccc3Cl)sc2n1. The smallest absolute Gasteiger partial charge is 0.338 e. The lowest BCUT2D eigenvalue weighted by Crippen LogP contribution is -2.04. The number of hydrogen-bond acceptors (Lipinski definition) is 7. The Balaban J connectivity index is 1.70. The average molecular weight is 502 g/mol. The van der Waals surface area contributed by atoms with Crippen molar-refractivity contribution < 1.29 is 13.2 Å². The van der Waals surface area contributed by atoms with Crippen molar-refractivity contribution in [3.8, 4) is 0 Å². The molecule has 0 saturated carbocycles. The van der Waals surface area contributed by atoms with Crippen molar-refractivity contribution >= 4 is 79.0 Å². The van der Waals surface area contributed by atoms with Crippen LogP contribution < -0.4 is 10.6 Å². The lowest BCUT2D eigenvalue weighted by Gasteiger charge is -2.10. The molecular weight excluding hydrogens is 490 g/mol. The van der Waals surface area contributed by atoms with Crippen molar-refractivity contribution in [3.05, 3.63) is 58.1 Å². The standard InChI is InChI=1S/C19H12Cl2F3N5S2/c1-30-17-28-15(25-10-7-5-9(6-8-10)19(22,23)24)14-16(29-17)31-18(27-14)26-13-11(20)3-2-4-12(13)21/h2-8H,1H3,(H,26,27)(H,25,28,29). The van der Waals surface area contributed by atoms with Crippen LogP contribution in [0, 0.1) is 0 Å². The first kappa shape index (κ1) is 21.9. The summed E-state index contributed by atoms with van der Waals surface area (Å²) in [5, 5.41) is 7.99. The molecule has 0 aliphatic carbocycles. The van der Waals surface area contributed by atoms with Gasteiger partial charge in [-0.25, -0.2) is 15.0 Å². The number of alkyl halides is 3. The number of para-hydroxylation sites is 1. The quantitative estimate of drug-likeness (QED) is 0.216. The van der Waals surface area contributed by atoms with Gasteiger partial charge < -0.3 is 10.6 Å². The second-order valence-corrected chi connectivity index (χ2v) is 8.72. The van der Waals surface area contributed by atoms with E-state index in [1.54, 1.807) is 18.2 Å². The molecule has 31 heavy (non-hydrogen) atoms. The van der Waals surface area contributed by atoms with Crippen LogP contribution in [0.5, 0.6) is 0 Å².